The highest BCUT2D eigenvalue weighted by molar-refractivity contribution is 7.89. The summed E-state index contributed by atoms with van der Waals surface area (Å²) in [6.45, 7) is 0.151. The molecule has 8 nitrogen and oxygen atoms in total. The predicted octanol–water partition coefficient (Wildman–Crippen LogP) is 3.69. The summed E-state index contributed by atoms with van der Waals surface area (Å²) in [6, 6.07) is 21.4. The fourth-order valence-electron chi connectivity index (χ4n) is 3.62. The van der Waals surface area contributed by atoms with Gasteiger partial charge in [-0.25, -0.2) is 22.7 Å². The van der Waals surface area contributed by atoms with Crippen LogP contribution in [-0.4, -0.2) is 48.5 Å². The van der Waals surface area contributed by atoms with E-state index in [1.54, 1.807) is 18.2 Å². The molecule has 0 spiro atoms. The number of amides is 1. The molecule has 3 aromatic carbocycles. The first-order valence-electron chi connectivity index (χ1n) is 10.9. The van der Waals surface area contributed by atoms with Gasteiger partial charge in [0.2, 0.25) is 21.7 Å². The van der Waals surface area contributed by atoms with Crippen LogP contribution in [0.3, 0.4) is 0 Å². The first kappa shape index (κ1) is 24.2. The first-order chi connectivity index (χ1) is 16.8. The maximum Gasteiger partial charge on any atom is 0.242 e. The molecular weight excluding hydrogens is 464 g/mol. The van der Waals surface area contributed by atoms with E-state index < -0.39 is 28.1 Å². The molecule has 35 heavy (non-hydrogen) atoms. The molecule has 0 aliphatic carbocycles. The number of nitrogens with zero attached hydrogens (tertiary/aromatic N) is 4. The minimum atomic E-state index is -3.72. The van der Waals surface area contributed by atoms with Gasteiger partial charge in [0.25, 0.3) is 0 Å². The van der Waals surface area contributed by atoms with Crippen LogP contribution in [0.25, 0.3) is 10.8 Å². The van der Waals surface area contributed by atoms with Crippen molar-refractivity contribution in [3.63, 3.8) is 0 Å². The summed E-state index contributed by atoms with van der Waals surface area (Å²) in [4.78, 5) is 35.4. The number of hydrogen-bond donors (Lipinski definition) is 0. The number of benzene rings is 3. The van der Waals surface area contributed by atoms with Crippen LogP contribution in [0, 0.1) is 0 Å². The van der Waals surface area contributed by atoms with Crippen molar-refractivity contribution in [3.05, 3.63) is 96.6 Å². The van der Waals surface area contributed by atoms with Gasteiger partial charge in [0, 0.05) is 32.2 Å². The second-order valence-corrected chi connectivity index (χ2v) is 10.3. The maximum atomic E-state index is 13.4. The van der Waals surface area contributed by atoms with E-state index in [9.17, 15) is 18.0 Å². The van der Waals surface area contributed by atoms with Crippen molar-refractivity contribution in [2.24, 2.45) is 0 Å². The molecule has 4 rings (SSSR count). The van der Waals surface area contributed by atoms with E-state index in [0.29, 0.717) is 5.69 Å². The first-order valence-corrected chi connectivity index (χ1v) is 12.3. The summed E-state index contributed by atoms with van der Waals surface area (Å²) in [5.74, 6) is -1.05. The van der Waals surface area contributed by atoms with Gasteiger partial charge in [0.1, 0.15) is 0 Å². The molecule has 0 radical (unpaired) electrons. The lowest BCUT2D eigenvalue weighted by molar-refractivity contribution is -0.117. The number of carbonyl (C=O) groups is 2. The molecule has 0 N–H and O–H groups in total. The normalized spacial score (nSPS) is 11.5. The van der Waals surface area contributed by atoms with Gasteiger partial charge in [-0.1, -0.05) is 42.5 Å². The van der Waals surface area contributed by atoms with Crippen molar-refractivity contribution in [1.29, 1.82) is 0 Å². The molecule has 178 valence electrons. The van der Waals surface area contributed by atoms with Crippen LogP contribution < -0.4 is 4.90 Å². The van der Waals surface area contributed by atoms with Crippen molar-refractivity contribution in [2.75, 3.05) is 19.0 Å². The van der Waals surface area contributed by atoms with E-state index in [2.05, 4.69) is 9.97 Å². The summed E-state index contributed by atoms with van der Waals surface area (Å²) in [7, 11) is -0.832. The highest BCUT2D eigenvalue weighted by Gasteiger charge is 2.24. The highest BCUT2D eigenvalue weighted by atomic mass is 32.2. The summed E-state index contributed by atoms with van der Waals surface area (Å²) >= 11 is 0. The zero-order valence-electron chi connectivity index (χ0n) is 19.3. The van der Waals surface area contributed by atoms with E-state index >= 15 is 0 Å². The summed E-state index contributed by atoms with van der Waals surface area (Å²) in [6.07, 6.45) is 2.42. The molecule has 1 amide bonds. The molecule has 0 aliphatic heterocycles. The molecule has 0 saturated heterocycles. The van der Waals surface area contributed by atoms with Crippen LogP contribution in [0.5, 0.6) is 0 Å². The number of fused-ring (bicyclic) bond motifs is 1. The Morgan fingerprint density at radius 1 is 0.829 bits per heavy atom. The topological polar surface area (TPSA) is 101 Å². The van der Waals surface area contributed by atoms with Crippen LogP contribution in [0.2, 0.25) is 0 Å². The van der Waals surface area contributed by atoms with Gasteiger partial charge in [-0.05, 0) is 46.7 Å². The number of rotatable bonds is 8. The average Bonchev–Trinajstić information content (AvgIpc) is 2.87. The average molecular weight is 489 g/mol. The van der Waals surface area contributed by atoms with E-state index in [0.717, 1.165) is 20.6 Å². The Balaban J connectivity index is 1.71. The lowest BCUT2D eigenvalue weighted by atomic mass is 10.1. The third-order valence-corrected chi connectivity index (χ3v) is 7.30. The quantitative estimate of drug-likeness (QED) is 0.277. The standard InChI is InChI=1S/C26H24N4O4S/c1-29(2)35(33,34)23-10-5-9-22(16-23)30(25(32)17-24(31)26-27-13-6-14-28-26)18-19-11-12-20-7-3-4-8-21(20)15-19/h3-16H,17-18H2,1-2H3. The number of sulfonamides is 1. The Morgan fingerprint density at radius 2 is 1.54 bits per heavy atom. The smallest absolute Gasteiger partial charge is 0.242 e. The molecule has 4 aromatic rings. The molecule has 0 bridgehead atoms. The van der Waals surface area contributed by atoms with Gasteiger partial charge >= 0.3 is 0 Å². The molecule has 9 heteroatoms. The molecule has 0 saturated carbocycles. The van der Waals surface area contributed by atoms with Crippen molar-refractivity contribution in [1.82, 2.24) is 14.3 Å². The van der Waals surface area contributed by atoms with E-state index in [4.69, 9.17) is 0 Å². The number of carbonyl (C=O) groups excluding carboxylic acids is 2. The Labute approximate surface area is 203 Å². The zero-order valence-corrected chi connectivity index (χ0v) is 20.1. The monoisotopic (exact) mass is 488 g/mol. The Bertz CT molecular complexity index is 1490. The van der Waals surface area contributed by atoms with Gasteiger partial charge in [-0.15, -0.1) is 0 Å². The Morgan fingerprint density at radius 3 is 2.26 bits per heavy atom. The van der Waals surface area contributed by atoms with Gasteiger partial charge in [0.15, 0.2) is 5.82 Å². The van der Waals surface area contributed by atoms with Crippen LogP contribution in [0.4, 0.5) is 5.69 Å². The second kappa shape index (κ2) is 10.1. The van der Waals surface area contributed by atoms with Crippen LogP contribution in [0.1, 0.15) is 22.6 Å². The van der Waals surface area contributed by atoms with Crippen LogP contribution >= 0.6 is 0 Å². The molecule has 0 aliphatic rings. The van der Waals surface area contributed by atoms with Gasteiger partial charge in [-0.2, -0.15) is 0 Å². The Hall–Kier alpha value is -3.95. The number of Topliss-reactive ketones (excluding diaryl/α,β-unsaturated/α-hetero) is 1. The summed E-state index contributed by atoms with van der Waals surface area (Å²) in [5, 5.41) is 2.07. The van der Waals surface area contributed by atoms with Crippen LogP contribution in [-0.2, 0) is 21.4 Å². The van der Waals surface area contributed by atoms with Gasteiger partial charge in [0.05, 0.1) is 17.9 Å². The van der Waals surface area contributed by atoms with E-state index in [1.807, 2.05) is 42.5 Å². The second-order valence-electron chi connectivity index (χ2n) is 8.12. The van der Waals surface area contributed by atoms with Crippen molar-refractivity contribution in [3.8, 4) is 0 Å². The summed E-state index contributed by atoms with van der Waals surface area (Å²) < 4.78 is 26.5. The van der Waals surface area contributed by atoms with Crippen molar-refractivity contribution >= 4 is 38.2 Å². The zero-order chi connectivity index (χ0) is 25.0. The van der Waals surface area contributed by atoms with Gasteiger partial charge in [-0.3, -0.25) is 9.59 Å². The number of anilines is 1. The third-order valence-electron chi connectivity index (χ3n) is 5.49. The number of aromatic nitrogens is 2. The Kier molecular flexibility index (Phi) is 6.99. The SMILES string of the molecule is CN(C)S(=O)(=O)c1cccc(N(Cc2ccc3ccccc3c2)C(=O)CC(=O)c2ncccn2)c1. The fraction of sp³-hybridized carbons (Fsp3) is 0.154. The van der Waals surface area contributed by atoms with Crippen LogP contribution in [0.15, 0.2) is 90.1 Å². The largest absolute Gasteiger partial charge is 0.308 e. The lowest BCUT2D eigenvalue weighted by Crippen LogP contribution is -2.32. The fourth-order valence-corrected chi connectivity index (χ4v) is 4.56. The maximum absolute atomic E-state index is 13.4. The molecule has 0 atom stereocenters. The van der Waals surface area contributed by atoms with Crippen molar-refractivity contribution < 1.29 is 18.0 Å². The number of ketones is 1. The molecule has 0 unspecified atom stereocenters. The summed E-state index contributed by atoms with van der Waals surface area (Å²) in [5.41, 5.74) is 1.20. The van der Waals surface area contributed by atoms with Gasteiger partial charge < -0.3 is 4.90 Å². The molecule has 0 fully saturated rings. The minimum Gasteiger partial charge on any atom is -0.308 e. The third kappa shape index (κ3) is 5.42. The van der Waals surface area contributed by atoms with E-state index in [1.165, 1.54) is 43.5 Å². The molecule has 1 heterocycles. The van der Waals surface area contributed by atoms with Crippen molar-refractivity contribution in [2.45, 2.75) is 17.9 Å². The molecular formula is C26H24N4O4S. The molecule has 1 aromatic heterocycles. The highest BCUT2D eigenvalue weighted by Crippen LogP contribution is 2.25. The lowest BCUT2D eigenvalue weighted by Gasteiger charge is -2.24. The minimum absolute atomic E-state index is 0.0459. The van der Waals surface area contributed by atoms with E-state index in [-0.39, 0.29) is 17.3 Å². The number of hydrogen-bond acceptors (Lipinski definition) is 6. The predicted molar refractivity (Wildman–Crippen MR) is 133 cm³/mol.